The van der Waals surface area contributed by atoms with Crippen molar-refractivity contribution >= 4 is 16.9 Å². The highest BCUT2D eigenvalue weighted by atomic mass is 16.5. The van der Waals surface area contributed by atoms with Crippen LogP contribution in [0, 0.1) is 0 Å². The Bertz CT molecular complexity index is 1110. The molecule has 2 aromatic carbocycles. The number of amides is 1. The average Bonchev–Trinajstić information content (AvgIpc) is 3.24. The van der Waals surface area contributed by atoms with Crippen molar-refractivity contribution in [2.45, 2.75) is 51.0 Å². The van der Waals surface area contributed by atoms with E-state index in [0.29, 0.717) is 37.3 Å². The molecule has 3 aromatic rings. The first-order valence-electron chi connectivity index (χ1n) is 11.9. The molecule has 2 unspecified atom stereocenters. The normalized spacial score (nSPS) is 23.7. The van der Waals surface area contributed by atoms with Crippen LogP contribution in [0.5, 0.6) is 0 Å². The van der Waals surface area contributed by atoms with Crippen molar-refractivity contribution in [2.75, 3.05) is 26.2 Å². The highest BCUT2D eigenvalue weighted by Crippen LogP contribution is 2.35. The number of carbonyl (C=O) groups is 1. The minimum absolute atomic E-state index is 0.00989. The highest BCUT2D eigenvalue weighted by Gasteiger charge is 2.34. The number of furan rings is 1. The van der Waals surface area contributed by atoms with E-state index in [2.05, 4.69) is 29.2 Å². The summed E-state index contributed by atoms with van der Waals surface area (Å²) in [5.41, 5.74) is 1.99. The predicted molar refractivity (Wildman–Crippen MR) is 127 cm³/mol. The fourth-order valence-electron chi connectivity index (χ4n) is 5.15. The molecule has 1 N–H and O–H groups in total. The second-order valence-corrected chi connectivity index (χ2v) is 9.62. The fraction of sp³-hybridized carbons (Fsp3) is 0.444. The number of likely N-dealkylation sites (tertiary alicyclic amines) is 1. The molecule has 2 atom stereocenters. The topological polar surface area (TPSA) is 66.2 Å². The fourth-order valence-corrected chi connectivity index (χ4v) is 5.15. The van der Waals surface area contributed by atoms with Gasteiger partial charge in [-0.3, -0.25) is 9.69 Å². The first kappa shape index (κ1) is 22.1. The van der Waals surface area contributed by atoms with Crippen molar-refractivity contribution in [2.24, 2.45) is 0 Å². The van der Waals surface area contributed by atoms with Crippen LogP contribution < -0.4 is 0 Å². The third-order valence-corrected chi connectivity index (χ3v) is 6.90. The molecule has 0 spiro atoms. The number of morpholine rings is 1. The quantitative estimate of drug-likeness (QED) is 0.649. The number of carbonyl (C=O) groups excluding carboxylic acids is 1. The lowest BCUT2D eigenvalue weighted by molar-refractivity contribution is -0.0591. The number of fused-ring (bicyclic) bond motifs is 1. The largest absolute Gasteiger partial charge is 0.451 e. The van der Waals surface area contributed by atoms with Crippen LogP contribution in [0.1, 0.15) is 48.4 Å². The summed E-state index contributed by atoms with van der Waals surface area (Å²) in [5.74, 6) is 0.232. The molecule has 1 amide bonds. The predicted octanol–water partition coefficient (Wildman–Crippen LogP) is 4.17. The zero-order chi connectivity index (χ0) is 23.0. The summed E-state index contributed by atoms with van der Waals surface area (Å²) in [7, 11) is 0. The first-order valence-corrected chi connectivity index (χ1v) is 11.9. The van der Waals surface area contributed by atoms with E-state index in [1.54, 1.807) is 11.0 Å². The van der Waals surface area contributed by atoms with E-state index in [0.717, 1.165) is 30.6 Å². The Hall–Kier alpha value is -2.67. The summed E-state index contributed by atoms with van der Waals surface area (Å²) < 4.78 is 11.6. The van der Waals surface area contributed by atoms with Gasteiger partial charge in [0.05, 0.1) is 17.8 Å². The van der Waals surface area contributed by atoms with Crippen LogP contribution in [-0.4, -0.2) is 59.2 Å². The lowest BCUT2D eigenvalue weighted by Gasteiger charge is -2.38. The Labute approximate surface area is 194 Å². The molecule has 1 aromatic heterocycles. The van der Waals surface area contributed by atoms with E-state index in [4.69, 9.17) is 9.15 Å². The van der Waals surface area contributed by atoms with Crippen LogP contribution in [0.3, 0.4) is 0 Å². The maximum absolute atomic E-state index is 13.0. The molecule has 3 heterocycles. The van der Waals surface area contributed by atoms with E-state index < -0.39 is 5.60 Å². The van der Waals surface area contributed by atoms with Gasteiger partial charge in [-0.25, -0.2) is 0 Å². The molecule has 0 aliphatic carbocycles. The average molecular weight is 449 g/mol. The van der Waals surface area contributed by atoms with Crippen molar-refractivity contribution in [1.29, 1.82) is 0 Å². The summed E-state index contributed by atoms with van der Waals surface area (Å²) in [5, 5.41) is 12.3. The molecule has 2 fully saturated rings. The van der Waals surface area contributed by atoms with E-state index in [1.165, 1.54) is 5.56 Å². The van der Waals surface area contributed by atoms with Gasteiger partial charge < -0.3 is 19.2 Å². The van der Waals surface area contributed by atoms with Crippen molar-refractivity contribution in [3.63, 3.8) is 0 Å². The Morgan fingerprint density at radius 1 is 1.03 bits per heavy atom. The Morgan fingerprint density at radius 2 is 1.73 bits per heavy atom. The van der Waals surface area contributed by atoms with Gasteiger partial charge in [0.25, 0.3) is 5.91 Å². The standard InChI is InChI=1S/C27H32N2O4/c1-19-16-29(17-20(2)32-19)26(30)25-15-22-14-23(8-9-24(22)33-25)27(31)10-12-28(13-11-27)18-21-6-4-3-5-7-21/h3-9,14-15,19-20,31H,10-13,16-18H2,1-2H3. The van der Waals surface area contributed by atoms with E-state index in [9.17, 15) is 9.90 Å². The summed E-state index contributed by atoms with van der Waals surface area (Å²) in [6, 6.07) is 18.0. The maximum atomic E-state index is 13.0. The molecule has 0 radical (unpaired) electrons. The van der Waals surface area contributed by atoms with E-state index in [1.807, 2.05) is 38.1 Å². The zero-order valence-corrected chi connectivity index (χ0v) is 19.4. The molecule has 0 bridgehead atoms. The second kappa shape index (κ2) is 8.93. The number of ether oxygens (including phenoxy) is 1. The molecule has 2 saturated heterocycles. The van der Waals surface area contributed by atoms with Crippen molar-refractivity contribution < 1.29 is 19.1 Å². The molecule has 174 valence electrons. The number of aliphatic hydroxyl groups is 1. The van der Waals surface area contributed by atoms with Crippen LogP contribution in [0.2, 0.25) is 0 Å². The zero-order valence-electron chi connectivity index (χ0n) is 19.4. The van der Waals surface area contributed by atoms with Gasteiger partial charge in [-0.05, 0) is 56.0 Å². The molecule has 2 aliphatic rings. The molecule has 33 heavy (non-hydrogen) atoms. The summed E-state index contributed by atoms with van der Waals surface area (Å²) in [6.45, 7) is 7.66. The summed E-state index contributed by atoms with van der Waals surface area (Å²) >= 11 is 0. The molecular weight excluding hydrogens is 416 g/mol. The van der Waals surface area contributed by atoms with Gasteiger partial charge in [0, 0.05) is 38.1 Å². The lowest BCUT2D eigenvalue weighted by atomic mass is 9.84. The number of nitrogens with zero attached hydrogens (tertiary/aromatic N) is 2. The second-order valence-electron chi connectivity index (χ2n) is 9.62. The van der Waals surface area contributed by atoms with Crippen molar-refractivity contribution in [3.8, 4) is 0 Å². The van der Waals surface area contributed by atoms with Crippen LogP contribution in [0.4, 0.5) is 0 Å². The van der Waals surface area contributed by atoms with Crippen LogP contribution in [0.15, 0.2) is 59.0 Å². The molecular formula is C27H32N2O4. The Balaban J connectivity index is 1.29. The Kier molecular flexibility index (Phi) is 5.99. The number of piperidine rings is 1. The molecule has 6 heteroatoms. The van der Waals surface area contributed by atoms with Gasteiger partial charge >= 0.3 is 0 Å². The third kappa shape index (κ3) is 4.69. The van der Waals surface area contributed by atoms with Gasteiger partial charge in [0.1, 0.15) is 5.58 Å². The number of hydrogen-bond acceptors (Lipinski definition) is 5. The number of rotatable bonds is 4. The van der Waals surface area contributed by atoms with Gasteiger partial charge in [0.2, 0.25) is 0 Å². The van der Waals surface area contributed by atoms with Crippen LogP contribution >= 0.6 is 0 Å². The molecule has 2 aliphatic heterocycles. The maximum Gasteiger partial charge on any atom is 0.289 e. The van der Waals surface area contributed by atoms with Gasteiger partial charge in [-0.2, -0.15) is 0 Å². The molecule has 0 saturated carbocycles. The van der Waals surface area contributed by atoms with E-state index in [-0.39, 0.29) is 18.1 Å². The van der Waals surface area contributed by atoms with Crippen LogP contribution in [-0.2, 0) is 16.9 Å². The number of hydrogen-bond donors (Lipinski definition) is 1. The monoisotopic (exact) mass is 448 g/mol. The van der Waals surface area contributed by atoms with Gasteiger partial charge in [-0.15, -0.1) is 0 Å². The molecule has 6 nitrogen and oxygen atoms in total. The van der Waals surface area contributed by atoms with Crippen molar-refractivity contribution in [1.82, 2.24) is 9.80 Å². The van der Waals surface area contributed by atoms with Crippen molar-refractivity contribution in [3.05, 3.63) is 71.5 Å². The SMILES string of the molecule is CC1CN(C(=O)c2cc3cc(C4(O)CCN(Cc5ccccc5)CC4)ccc3o2)CC(C)O1. The lowest BCUT2D eigenvalue weighted by Crippen LogP contribution is -2.48. The molecule has 5 rings (SSSR count). The summed E-state index contributed by atoms with van der Waals surface area (Å²) in [6.07, 6.45) is 1.38. The highest BCUT2D eigenvalue weighted by molar-refractivity contribution is 5.96. The minimum Gasteiger partial charge on any atom is -0.451 e. The van der Waals surface area contributed by atoms with Gasteiger partial charge in [0.15, 0.2) is 5.76 Å². The first-order chi connectivity index (χ1) is 15.9. The smallest absolute Gasteiger partial charge is 0.289 e. The number of benzene rings is 2. The Morgan fingerprint density at radius 3 is 2.42 bits per heavy atom. The third-order valence-electron chi connectivity index (χ3n) is 6.90. The van der Waals surface area contributed by atoms with Gasteiger partial charge in [-0.1, -0.05) is 36.4 Å². The van der Waals surface area contributed by atoms with E-state index >= 15 is 0 Å². The minimum atomic E-state index is -0.863. The summed E-state index contributed by atoms with van der Waals surface area (Å²) in [4.78, 5) is 17.2. The van der Waals surface area contributed by atoms with Crippen LogP contribution in [0.25, 0.3) is 11.0 Å².